The first-order chi connectivity index (χ1) is 20.7. The number of carbonyl (C=O) groups excluding carboxylic acids is 2. The second-order valence-corrected chi connectivity index (χ2v) is 10.9. The van der Waals surface area contributed by atoms with E-state index >= 15 is 0 Å². The second-order valence-electron chi connectivity index (χ2n) is 10.9. The summed E-state index contributed by atoms with van der Waals surface area (Å²) in [5.74, 6) is -4.03. The van der Waals surface area contributed by atoms with Gasteiger partial charge in [-0.25, -0.2) is 13.6 Å². The number of benzene rings is 1. The van der Waals surface area contributed by atoms with E-state index in [1.54, 1.807) is 0 Å². The number of unbranched alkanes of at least 4 members (excludes halogenated alkanes) is 13. The highest BCUT2D eigenvalue weighted by atomic mass is 19.1. The van der Waals surface area contributed by atoms with Crippen molar-refractivity contribution >= 4 is 37.1 Å². The first-order valence-corrected chi connectivity index (χ1v) is 15.5. The fraction of sp³-hybridized carbons (Fsp3) is 0.667. The van der Waals surface area contributed by atoms with Gasteiger partial charge in [0.05, 0.1) is 0 Å². The molecule has 2 amide bonds. The van der Waals surface area contributed by atoms with Gasteiger partial charge in [-0.2, -0.15) is 5.10 Å². The van der Waals surface area contributed by atoms with Crippen molar-refractivity contribution in [2.45, 2.75) is 115 Å². The summed E-state index contributed by atoms with van der Waals surface area (Å²) < 4.78 is 28.0. The van der Waals surface area contributed by atoms with Crippen LogP contribution in [0.3, 0.4) is 0 Å². The van der Waals surface area contributed by atoms with Crippen molar-refractivity contribution < 1.29 is 38.3 Å². The van der Waals surface area contributed by atoms with Gasteiger partial charge in [0.1, 0.15) is 23.2 Å². The highest BCUT2D eigenvalue weighted by molar-refractivity contribution is 6.58. The van der Waals surface area contributed by atoms with Crippen molar-refractivity contribution in [2.75, 3.05) is 13.1 Å². The molecule has 0 unspecified atom stereocenters. The average Bonchev–Trinajstić information content (AvgIpc) is 2.95. The van der Waals surface area contributed by atoms with Crippen LogP contribution < -0.4 is 21.5 Å². The molecule has 0 radical (unpaired) electrons. The fourth-order valence-corrected chi connectivity index (χ4v) is 4.75. The Balaban J connectivity index is 1.90. The van der Waals surface area contributed by atoms with Crippen LogP contribution in [0.1, 0.15) is 120 Å². The zero-order valence-electron chi connectivity index (χ0n) is 25.2. The summed E-state index contributed by atoms with van der Waals surface area (Å²) in [4.78, 5) is 35.0. The molecule has 0 saturated heterocycles. The maximum absolute atomic E-state index is 14.0. The van der Waals surface area contributed by atoms with Crippen LogP contribution >= 0.6 is 0 Å². The van der Waals surface area contributed by atoms with Crippen LogP contribution in [0.5, 0.6) is 0 Å². The normalized spacial score (nSPS) is 11.5. The van der Waals surface area contributed by atoms with Crippen LogP contribution in [0.4, 0.5) is 8.78 Å². The van der Waals surface area contributed by atoms with Crippen LogP contribution in [-0.4, -0.2) is 65.9 Å². The summed E-state index contributed by atoms with van der Waals surface area (Å²) in [5, 5.41) is 35.9. The number of rotatable bonds is 26. The number of hydrazone groups is 1. The lowest BCUT2D eigenvalue weighted by Gasteiger charge is -2.11. The smallest absolute Gasteiger partial charge is 0.480 e. The van der Waals surface area contributed by atoms with Crippen molar-refractivity contribution in [2.24, 2.45) is 5.10 Å². The number of carboxylic acid groups (broad SMARTS) is 1. The van der Waals surface area contributed by atoms with Gasteiger partial charge in [-0.1, -0.05) is 70.6 Å². The Kier molecular flexibility index (Phi) is 20.7. The van der Waals surface area contributed by atoms with Gasteiger partial charge < -0.3 is 25.8 Å². The molecule has 0 bridgehead atoms. The minimum atomic E-state index is -2.01. The highest BCUT2D eigenvalue weighted by Crippen LogP contribution is 2.14. The van der Waals surface area contributed by atoms with Gasteiger partial charge >= 0.3 is 13.1 Å². The molecule has 1 aromatic carbocycles. The molecule has 1 aromatic rings. The Morgan fingerprint density at radius 1 is 0.767 bits per heavy atom. The van der Waals surface area contributed by atoms with E-state index in [-0.39, 0.29) is 11.4 Å². The molecule has 0 aliphatic rings. The standard InChI is InChI=1S/C30H49BF2N4O6/c1-34-37-26(30(40)41)17-14-16-19-35-27(38)18-13-11-9-7-5-3-2-4-6-8-10-12-15-20-36-29(39)28-24(32)21-23(31(42)43)22-25(28)33/h21-22,26,37,42-43H,1-20H2,(H,35,38)(H,36,39)(H,40,41)/t26-/m0/s1. The summed E-state index contributed by atoms with van der Waals surface area (Å²) in [6.07, 6.45) is 16.3. The van der Waals surface area contributed by atoms with E-state index in [0.29, 0.717) is 38.8 Å². The zero-order chi connectivity index (χ0) is 31.9. The number of nitrogens with one attached hydrogen (secondary N) is 3. The molecule has 43 heavy (non-hydrogen) atoms. The molecule has 0 fully saturated rings. The first kappa shape index (κ1) is 38.0. The largest absolute Gasteiger partial charge is 0.488 e. The van der Waals surface area contributed by atoms with Crippen molar-refractivity contribution in [3.05, 3.63) is 29.3 Å². The molecule has 0 aromatic heterocycles. The lowest BCUT2D eigenvalue weighted by Crippen LogP contribution is -2.33. The third-order valence-electron chi connectivity index (χ3n) is 7.24. The van der Waals surface area contributed by atoms with E-state index < -0.39 is 42.2 Å². The molecule has 1 atom stereocenters. The van der Waals surface area contributed by atoms with Crippen LogP contribution in [0.15, 0.2) is 17.2 Å². The number of nitrogens with zero attached hydrogens (tertiary/aromatic N) is 1. The van der Waals surface area contributed by atoms with E-state index in [0.717, 1.165) is 63.5 Å². The Morgan fingerprint density at radius 2 is 1.23 bits per heavy atom. The van der Waals surface area contributed by atoms with E-state index in [1.165, 1.54) is 32.1 Å². The molecule has 6 N–H and O–H groups in total. The molecule has 0 aliphatic heterocycles. The number of hydrogen-bond donors (Lipinski definition) is 6. The Hall–Kier alpha value is -3.06. The summed E-state index contributed by atoms with van der Waals surface area (Å²) in [6.45, 7) is 4.10. The van der Waals surface area contributed by atoms with Gasteiger partial charge in [-0.05, 0) is 49.7 Å². The molecular weight excluding hydrogens is 561 g/mol. The van der Waals surface area contributed by atoms with Gasteiger partial charge in [0.25, 0.3) is 5.91 Å². The van der Waals surface area contributed by atoms with Crippen LogP contribution in [0.25, 0.3) is 0 Å². The molecule has 0 saturated carbocycles. The highest BCUT2D eigenvalue weighted by Gasteiger charge is 2.22. The molecule has 10 nitrogen and oxygen atoms in total. The summed E-state index contributed by atoms with van der Waals surface area (Å²) >= 11 is 0. The fourth-order valence-electron chi connectivity index (χ4n) is 4.75. The van der Waals surface area contributed by atoms with Gasteiger partial charge in [0.2, 0.25) is 5.91 Å². The number of carboxylic acids is 1. The zero-order valence-corrected chi connectivity index (χ0v) is 25.2. The molecule has 0 spiro atoms. The van der Waals surface area contributed by atoms with E-state index in [9.17, 15) is 23.2 Å². The number of amides is 2. The molecule has 13 heteroatoms. The Morgan fingerprint density at radius 3 is 1.72 bits per heavy atom. The van der Waals surface area contributed by atoms with Gasteiger partial charge in [0, 0.05) is 26.2 Å². The minimum Gasteiger partial charge on any atom is -0.480 e. The predicted octanol–water partition coefficient (Wildman–Crippen LogP) is 3.78. The third-order valence-corrected chi connectivity index (χ3v) is 7.24. The van der Waals surface area contributed by atoms with Crippen LogP contribution in [0, 0.1) is 11.6 Å². The lowest BCUT2D eigenvalue weighted by atomic mass is 9.79. The first-order valence-electron chi connectivity index (χ1n) is 15.5. The second kappa shape index (κ2) is 23.4. The summed E-state index contributed by atoms with van der Waals surface area (Å²) in [6, 6.07) is 0.736. The number of hydrogen-bond acceptors (Lipinski definition) is 7. The maximum Gasteiger partial charge on any atom is 0.488 e. The van der Waals surface area contributed by atoms with E-state index in [1.807, 2.05) is 0 Å². The average molecular weight is 611 g/mol. The molecular formula is C30H49BF2N4O6. The molecule has 242 valence electrons. The van der Waals surface area contributed by atoms with Crippen molar-refractivity contribution in [1.29, 1.82) is 0 Å². The number of carbonyl (C=O) groups is 3. The summed E-state index contributed by atoms with van der Waals surface area (Å²) in [5.41, 5.74) is 1.39. The van der Waals surface area contributed by atoms with Gasteiger partial charge in [0.15, 0.2) is 0 Å². The van der Waals surface area contributed by atoms with E-state index in [4.69, 9.17) is 15.2 Å². The number of halogens is 2. The quantitative estimate of drug-likeness (QED) is 0.0403. The van der Waals surface area contributed by atoms with Crippen LogP contribution in [0.2, 0.25) is 0 Å². The minimum absolute atomic E-state index is 0.0450. The maximum atomic E-state index is 14.0. The lowest BCUT2D eigenvalue weighted by molar-refractivity contribution is -0.139. The third kappa shape index (κ3) is 17.6. The molecule has 0 aliphatic carbocycles. The molecule has 0 heterocycles. The SMILES string of the molecule is C=NN[C@@H](CCCCNC(=O)CCCCCCCCCCCCCCCNC(=O)c1c(F)cc(B(O)O)cc1F)C(=O)O. The topological polar surface area (TPSA) is 160 Å². The van der Waals surface area contributed by atoms with Crippen molar-refractivity contribution in [3.63, 3.8) is 0 Å². The van der Waals surface area contributed by atoms with Crippen molar-refractivity contribution in [1.82, 2.24) is 16.1 Å². The van der Waals surface area contributed by atoms with Crippen molar-refractivity contribution in [3.8, 4) is 0 Å². The predicted molar refractivity (Wildman–Crippen MR) is 164 cm³/mol. The molecule has 1 rings (SSSR count). The Labute approximate surface area is 254 Å². The van der Waals surface area contributed by atoms with Crippen LogP contribution in [-0.2, 0) is 9.59 Å². The van der Waals surface area contributed by atoms with Gasteiger partial charge in [-0.3, -0.25) is 15.0 Å². The monoisotopic (exact) mass is 610 g/mol. The van der Waals surface area contributed by atoms with E-state index in [2.05, 4.69) is 27.9 Å². The Bertz CT molecular complexity index is 963. The summed E-state index contributed by atoms with van der Waals surface area (Å²) in [7, 11) is -2.01. The van der Waals surface area contributed by atoms with Gasteiger partial charge in [-0.15, -0.1) is 0 Å². The number of aliphatic carboxylic acids is 1.